The van der Waals surface area contributed by atoms with Gasteiger partial charge in [-0.3, -0.25) is 4.79 Å². The number of amides is 1. The van der Waals surface area contributed by atoms with Crippen molar-refractivity contribution in [3.8, 4) is 0 Å². The first-order valence-electron chi connectivity index (χ1n) is 31.2. The number of hydrogen-bond donors (Lipinski definition) is 6. The van der Waals surface area contributed by atoms with E-state index in [0.717, 1.165) is 70.6 Å². The molecule has 74 heavy (non-hydrogen) atoms. The predicted octanol–water partition coefficient (Wildman–Crippen LogP) is 16.0. The summed E-state index contributed by atoms with van der Waals surface area (Å²) in [6.45, 7) is 3.65. The molecule has 1 aliphatic heterocycles. The number of carbonyl (C=O) groups is 1. The highest BCUT2D eigenvalue weighted by Crippen LogP contribution is 2.23. The summed E-state index contributed by atoms with van der Waals surface area (Å²) in [5.41, 5.74) is 0. The Bertz CT molecular complexity index is 1390. The molecule has 0 aromatic rings. The van der Waals surface area contributed by atoms with Crippen molar-refractivity contribution >= 4 is 5.91 Å². The van der Waals surface area contributed by atoms with Crippen LogP contribution < -0.4 is 5.32 Å². The van der Waals surface area contributed by atoms with Crippen molar-refractivity contribution in [1.29, 1.82) is 0 Å². The number of aliphatic hydroxyl groups is 5. The van der Waals surface area contributed by atoms with Crippen LogP contribution in [0, 0.1) is 0 Å². The molecule has 0 bridgehead atoms. The van der Waals surface area contributed by atoms with Gasteiger partial charge in [-0.25, -0.2) is 0 Å². The lowest BCUT2D eigenvalue weighted by molar-refractivity contribution is -0.302. The summed E-state index contributed by atoms with van der Waals surface area (Å²) in [5, 5.41) is 54.3. The Labute approximate surface area is 455 Å². The lowest BCUT2D eigenvalue weighted by Crippen LogP contribution is -2.60. The van der Waals surface area contributed by atoms with E-state index in [-0.39, 0.29) is 12.5 Å². The van der Waals surface area contributed by atoms with Crippen molar-refractivity contribution in [1.82, 2.24) is 5.32 Å². The number of nitrogens with one attached hydrogen (secondary N) is 1. The second-order valence-corrected chi connectivity index (χ2v) is 21.5. The van der Waals surface area contributed by atoms with Crippen molar-refractivity contribution < 1.29 is 39.8 Å². The van der Waals surface area contributed by atoms with Crippen LogP contribution in [0.1, 0.15) is 277 Å². The summed E-state index contributed by atoms with van der Waals surface area (Å²) in [7, 11) is 0. The van der Waals surface area contributed by atoms with E-state index in [1.54, 1.807) is 6.08 Å². The molecule has 9 nitrogen and oxygen atoms in total. The predicted molar refractivity (Wildman–Crippen MR) is 313 cm³/mol. The van der Waals surface area contributed by atoms with E-state index in [1.165, 1.54) is 186 Å². The van der Waals surface area contributed by atoms with Crippen LogP contribution in [-0.2, 0) is 14.3 Å². The van der Waals surface area contributed by atoms with Crippen molar-refractivity contribution in [2.24, 2.45) is 0 Å². The van der Waals surface area contributed by atoms with Crippen LogP contribution >= 0.6 is 0 Å². The van der Waals surface area contributed by atoms with Crippen LogP contribution in [0.25, 0.3) is 0 Å². The fourth-order valence-corrected chi connectivity index (χ4v) is 9.66. The first-order valence-corrected chi connectivity index (χ1v) is 31.2. The van der Waals surface area contributed by atoms with Gasteiger partial charge in [0.25, 0.3) is 0 Å². The first kappa shape index (κ1) is 69.6. The highest BCUT2D eigenvalue weighted by Gasteiger charge is 2.44. The van der Waals surface area contributed by atoms with Gasteiger partial charge < -0.3 is 40.3 Å². The van der Waals surface area contributed by atoms with Gasteiger partial charge >= 0.3 is 0 Å². The van der Waals surface area contributed by atoms with Crippen molar-refractivity contribution in [3.05, 3.63) is 72.9 Å². The minimum absolute atomic E-state index is 0.176. The smallest absolute Gasteiger partial charge is 0.220 e. The Balaban J connectivity index is 1.99. The number of aliphatic hydroxyl groups excluding tert-OH is 5. The zero-order valence-corrected chi connectivity index (χ0v) is 47.8. The lowest BCUT2D eigenvalue weighted by atomic mass is 9.99. The highest BCUT2D eigenvalue weighted by atomic mass is 16.7. The molecule has 0 aromatic carbocycles. The van der Waals surface area contributed by atoms with Gasteiger partial charge in [0.1, 0.15) is 24.4 Å². The number of rotatable bonds is 53. The van der Waals surface area contributed by atoms with Gasteiger partial charge in [0.15, 0.2) is 6.29 Å². The molecule has 6 N–H and O–H groups in total. The Morgan fingerprint density at radius 2 is 0.838 bits per heavy atom. The molecule has 430 valence electrons. The monoisotopic (exact) mass is 1040 g/mol. The third kappa shape index (κ3) is 42.7. The van der Waals surface area contributed by atoms with Crippen LogP contribution in [0.4, 0.5) is 0 Å². The van der Waals surface area contributed by atoms with Gasteiger partial charge in [0, 0.05) is 6.42 Å². The molecule has 7 atom stereocenters. The van der Waals surface area contributed by atoms with Crippen molar-refractivity contribution in [2.45, 2.75) is 320 Å². The summed E-state index contributed by atoms with van der Waals surface area (Å²) in [4.78, 5) is 13.0. The molecule has 0 saturated carbocycles. The van der Waals surface area contributed by atoms with Gasteiger partial charge in [-0.15, -0.1) is 0 Å². The van der Waals surface area contributed by atoms with Crippen LogP contribution in [0.3, 0.4) is 0 Å². The maximum atomic E-state index is 13.0. The van der Waals surface area contributed by atoms with E-state index < -0.39 is 49.5 Å². The van der Waals surface area contributed by atoms with Crippen molar-refractivity contribution in [2.75, 3.05) is 13.2 Å². The van der Waals surface area contributed by atoms with Crippen LogP contribution in [0.15, 0.2) is 72.9 Å². The highest BCUT2D eigenvalue weighted by molar-refractivity contribution is 5.76. The summed E-state index contributed by atoms with van der Waals surface area (Å²) >= 11 is 0. The van der Waals surface area contributed by atoms with E-state index in [2.05, 4.69) is 79.9 Å². The maximum Gasteiger partial charge on any atom is 0.220 e. The fraction of sp³-hybridized carbons (Fsp3) is 0.800. The molecular weight excluding hydrogens is 923 g/mol. The number of carbonyl (C=O) groups excluding carboxylic acids is 1. The molecule has 1 rings (SSSR count). The quantitative estimate of drug-likeness (QED) is 0.0261. The van der Waals surface area contributed by atoms with Gasteiger partial charge in [-0.2, -0.15) is 0 Å². The number of ether oxygens (including phenoxy) is 2. The van der Waals surface area contributed by atoms with Crippen LogP contribution in [-0.4, -0.2) is 87.5 Å². The number of hydrogen-bond acceptors (Lipinski definition) is 8. The molecule has 1 saturated heterocycles. The molecule has 7 unspecified atom stereocenters. The zero-order valence-electron chi connectivity index (χ0n) is 47.8. The summed E-state index contributed by atoms with van der Waals surface area (Å²) < 4.78 is 11.2. The van der Waals surface area contributed by atoms with Crippen LogP contribution in [0.2, 0.25) is 0 Å². The number of unbranched alkanes of at least 4 members (excludes halogenated alkanes) is 33. The molecule has 1 amide bonds. The minimum atomic E-state index is -1.57. The average molecular weight is 1040 g/mol. The van der Waals surface area contributed by atoms with E-state index in [4.69, 9.17) is 9.47 Å². The van der Waals surface area contributed by atoms with Gasteiger partial charge in [-0.1, -0.05) is 279 Å². The first-order chi connectivity index (χ1) is 36.3. The Hall–Kier alpha value is -2.37. The Kier molecular flexibility index (Phi) is 50.8. The van der Waals surface area contributed by atoms with Gasteiger partial charge in [0.2, 0.25) is 5.91 Å². The third-order valence-corrected chi connectivity index (χ3v) is 14.5. The van der Waals surface area contributed by atoms with Gasteiger partial charge in [-0.05, 0) is 64.2 Å². The molecule has 1 fully saturated rings. The molecule has 0 aliphatic carbocycles. The summed E-state index contributed by atoms with van der Waals surface area (Å²) in [5.74, 6) is -0.176. The zero-order chi connectivity index (χ0) is 53.6. The van der Waals surface area contributed by atoms with Crippen LogP contribution in [0.5, 0.6) is 0 Å². The second-order valence-electron chi connectivity index (χ2n) is 21.5. The number of allylic oxidation sites excluding steroid dienone is 11. The average Bonchev–Trinajstić information content (AvgIpc) is 3.40. The third-order valence-electron chi connectivity index (χ3n) is 14.5. The molecule has 0 radical (unpaired) electrons. The molecule has 0 aromatic heterocycles. The normalized spacial score (nSPS) is 19.5. The topological polar surface area (TPSA) is 149 Å². The Morgan fingerprint density at radius 3 is 1.24 bits per heavy atom. The summed E-state index contributed by atoms with van der Waals surface area (Å²) in [6.07, 6.45) is 68.8. The molecular formula is C65H117NO8. The van der Waals surface area contributed by atoms with E-state index >= 15 is 0 Å². The summed E-state index contributed by atoms with van der Waals surface area (Å²) in [6, 6.07) is -0.803. The van der Waals surface area contributed by atoms with Crippen molar-refractivity contribution in [3.63, 3.8) is 0 Å². The molecule has 1 aliphatic rings. The van der Waals surface area contributed by atoms with E-state index in [1.807, 2.05) is 6.08 Å². The second kappa shape index (κ2) is 54.0. The Morgan fingerprint density at radius 1 is 0.473 bits per heavy atom. The largest absolute Gasteiger partial charge is 0.394 e. The SMILES string of the molecule is CC/C=C\C/C=C\C/C=C\C/C=C\C/C=C\CCCCCCCCCCCCCCCCCCCCCCCCCCCC(=O)NC(COC1OC(CO)C(O)C(O)C1O)C(O)/C=C/CCCCCCCCCC. The van der Waals surface area contributed by atoms with E-state index in [9.17, 15) is 30.3 Å². The molecule has 1 heterocycles. The minimum Gasteiger partial charge on any atom is -0.394 e. The maximum absolute atomic E-state index is 13.0. The molecule has 9 heteroatoms. The fourth-order valence-electron chi connectivity index (χ4n) is 9.66. The van der Waals surface area contributed by atoms with E-state index in [0.29, 0.717) is 6.42 Å². The lowest BCUT2D eigenvalue weighted by Gasteiger charge is -2.40. The molecule has 0 spiro atoms. The standard InChI is InChI=1S/C65H117NO8/c1-3-5-7-9-11-13-15-16-17-18-19-20-21-22-23-24-25-26-27-28-29-30-31-32-33-34-35-36-37-38-39-40-41-42-43-44-45-47-49-51-53-55-61(69)66-58(57-73-65-64(72)63(71)62(70)60(56-67)74-65)59(68)54-52-50-48-46-14-12-10-8-6-4-2/h5,7,11,13,16-17,19-20,22-23,52,54,58-60,62-65,67-68,70-72H,3-4,6,8-10,12,14-15,18,21,24-51,53,55-57H2,1-2H3,(H,66,69)/b7-5-,13-11-,17-16-,20-19-,23-22-,54-52+. The van der Waals surface area contributed by atoms with Gasteiger partial charge in [0.05, 0.1) is 25.4 Å².